The van der Waals surface area contributed by atoms with Crippen LogP contribution >= 0.6 is 11.6 Å². The number of hydrogen-bond donors (Lipinski definition) is 1. The number of hydrogen-bond acceptors (Lipinski definition) is 3. The Balaban J connectivity index is 1.35. The first-order chi connectivity index (χ1) is 16.8. The van der Waals surface area contributed by atoms with Gasteiger partial charge in [0.05, 0.1) is 12.5 Å². The molecular formula is C30H34ClNO3. The lowest BCUT2D eigenvalue weighted by Crippen LogP contribution is -2.49. The number of aliphatic carboxylic acids is 1. The van der Waals surface area contributed by atoms with E-state index in [2.05, 4.69) is 68.1 Å². The largest absolute Gasteiger partial charge is 0.493 e. The summed E-state index contributed by atoms with van der Waals surface area (Å²) in [6.07, 6.45) is 1.90. The third-order valence-electron chi connectivity index (χ3n) is 7.03. The number of carboxylic acids is 1. The molecular weight excluding hydrogens is 458 g/mol. The van der Waals surface area contributed by atoms with E-state index >= 15 is 0 Å². The van der Waals surface area contributed by atoms with Gasteiger partial charge in [0.25, 0.3) is 0 Å². The van der Waals surface area contributed by atoms with Crippen molar-refractivity contribution in [2.45, 2.75) is 46.1 Å². The first kappa shape index (κ1) is 25.3. The van der Waals surface area contributed by atoms with Gasteiger partial charge in [0.2, 0.25) is 0 Å². The fourth-order valence-electron chi connectivity index (χ4n) is 4.79. The molecule has 1 fully saturated rings. The first-order valence-corrected chi connectivity index (χ1v) is 12.7. The highest BCUT2D eigenvalue weighted by Gasteiger charge is 2.32. The molecule has 1 N–H and O–H groups in total. The maximum Gasteiger partial charge on any atom is 0.309 e. The molecule has 1 atom stereocenters. The monoisotopic (exact) mass is 491 g/mol. The smallest absolute Gasteiger partial charge is 0.309 e. The van der Waals surface area contributed by atoms with E-state index in [1.807, 2.05) is 18.2 Å². The number of benzene rings is 3. The molecule has 3 aromatic carbocycles. The normalized spacial score (nSPS) is 15.0. The van der Waals surface area contributed by atoms with Crippen LogP contribution in [0.1, 0.15) is 52.1 Å². The highest BCUT2D eigenvalue weighted by Crippen LogP contribution is 2.32. The van der Waals surface area contributed by atoms with Crippen LogP contribution in [0.3, 0.4) is 0 Å². The van der Waals surface area contributed by atoms with Crippen LogP contribution < -0.4 is 4.74 Å². The van der Waals surface area contributed by atoms with Crippen LogP contribution in [0.5, 0.6) is 5.75 Å². The predicted octanol–water partition coefficient (Wildman–Crippen LogP) is 6.77. The van der Waals surface area contributed by atoms with Gasteiger partial charge >= 0.3 is 5.97 Å². The summed E-state index contributed by atoms with van der Waals surface area (Å²) in [6, 6.07) is 21.2. The van der Waals surface area contributed by atoms with Gasteiger partial charge < -0.3 is 9.84 Å². The lowest BCUT2D eigenvalue weighted by atomic mass is 9.86. The van der Waals surface area contributed by atoms with Gasteiger partial charge in [-0.15, -0.1) is 0 Å². The van der Waals surface area contributed by atoms with Gasteiger partial charge in [-0.3, -0.25) is 9.69 Å². The minimum Gasteiger partial charge on any atom is -0.493 e. The Bertz CT molecular complexity index is 1190. The Morgan fingerprint density at radius 3 is 2.46 bits per heavy atom. The number of likely N-dealkylation sites (tertiary alicyclic amines) is 1. The second-order valence-electron chi connectivity index (χ2n) is 9.77. The van der Waals surface area contributed by atoms with Crippen LogP contribution in [-0.4, -0.2) is 35.7 Å². The topological polar surface area (TPSA) is 49.8 Å². The molecule has 4 nitrogen and oxygen atoms in total. The SMILES string of the molecule is Cc1ccc(C(CCCOc2ccc(CN3CC(C(=O)O)C3)cc2C)c2cccc(Cl)c2)cc1C. The van der Waals surface area contributed by atoms with Crippen molar-refractivity contribution in [1.82, 2.24) is 4.90 Å². The predicted molar refractivity (Wildman–Crippen MR) is 142 cm³/mol. The molecule has 0 aliphatic carbocycles. The molecule has 35 heavy (non-hydrogen) atoms. The third-order valence-corrected chi connectivity index (χ3v) is 7.27. The minimum atomic E-state index is -0.698. The summed E-state index contributed by atoms with van der Waals surface area (Å²) in [5.41, 5.74) is 7.45. The average Bonchev–Trinajstić information content (AvgIpc) is 2.79. The van der Waals surface area contributed by atoms with E-state index in [-0.39, 0.29) is 11.8 Å². The molecule has 0 radical (unpaired) electrons. The molecule has 3 aromatic rings. The van der Waals surface area contributed by atoms with Gasteiger partial charge in [0.15, 0.2) is 0 Å². The maximum atomic E-state index is 11.0. The number of aryl methyl sites for hydroxylation is 3. The summed E-state index contributed by atoms with van der Waals surface area (Å²) in [4.78, 5) is 13.2. The standard InChI is InChI=1S/C30H34ClNO3/c1-20-9-11-25(15-21(20)2)28(24-6-4-7-27(31)16-24)8-5-13-35-29-12-10-23(14-22(29)3)17-32-18-26(19-32)30(33)34/h4,6-7,9-12,14-16,26,28H,5,8,13,17-19H2,1-3H3,(H,33,34). The molecule has 1 unspecified atom stereocenters. The summed E-state index contributed by atoms with van der Waals surface area (Å²) in [7, 11) is 0. The third kappa shape index (κ3) is 6.45. The van der Waals surface area contributed by atoms with E-state index in [0.717, 1.165) is 35.7 Å². The van der Waals surface area contributed by atoms with Crippen molar-refractivity contribution in [1.29, 1.82) is 0 Å². The van der Waals surface area contributed by atoms with Crippen molar-refractivity contribution in [2.24, 2.45) is 5.92 Å². The molecule has 0 spiro atoms. The van der Waals surface area contributed by atoms with Crippen LogP contribution in [0.25, 0.3) is 0 Å². The Kier molecular flexibility index (Phi) is 8.15. The van der Waals surface area contributed by atoms with E-state index in [0.29, 0.717) is 19.7 Å². The van der Waals surface area contributed by atoms with Crippen LogP contribution in [-0.2, 0) is 11.3 Å². The lowest BCUT2D eigenvalue weighted by Gasteiger charge is -2.36. The number of nitrogens with zero attached hydrogens (tertiary/aromatic N) is 1. The molecule has 5 heteroatoms. The van der Waals surface area contributed by atoms with Gasteiger partial charge in [-0.2, -0.15) is 0 Å². The molecule has 1 heterocycles. The first-order valence-electron chi connectivity index (χ1n) is 12.3. The second kappa shape index (κ2) is 11.3. The van der Waals surface area contributed by atoms with Crippen molar-refractivity contribution in [2.75, 3.05) is 19.7 Å². The summed E-state index contributed by atoms with van der Waals surface area (Å²) in [5.74, 6) is 0.257. The Morgan fingerprint density at radius 2 is 1.77 bits per heavy atom. The number of carbonyl (C=O) groups is 1. The van der Waals surface area contributed by atoms with Crippen LogP contribution in [0.15, 0.2) is 60.7 Å². The lowest BCUT2D eigenvalue weighted by molar-refractivity contribution is -0.147. The van der Waals surface area contributed by atoms with E-state index in [9.17, 15) is 4.79 Å². The quantitative estimate of drug-likeness (QED) is 0.318. The summed E-state index contributed by atoms with van der Waals surface area (Å²) < 4.78 is 6.16. The summed E-state index contributed by atoms with van der Waals surface area (Å²) in [6.45, 7) is 9.05. The van der Waals surface area contributed by atoms with E-state index in [4.69, 9.17) is 21.4 Å². The molecule has 0 aromatic heterocycles. The zero-order valence-corrected chi connectivity index (χ0v) is 21.5. The summed E-state index contributed by atoms with van der Waals surface area (Å²) in [5, 5.41) is 9.81. The van der Waals surface area contributed by atoms with Gasteiger partial charge in [-0.05, 0) is 85.2 Å². The summed E-state index contributed by atoms with van der Waals surface area (Å²) >= 11 is 6.32. The van der Waals surface area contributed by atoms with E-state index < -0.39 is 5.97 Å². The maximum absolute atomic E-state index is 11.0. The van der Waals surface area contributed by atoms with Crippen molar-refractivity contribution >= 4 is 17.6 Å². The van der Waals surface area contributed by atoms with E-state index in [1.165, 1.54) is 27.8 Å². The average molecular weight is 492 g/mol. The molecule has 1 aliphatic rings. The van der Waals surface area contributed by atoms with Crippen molar-refractivity contribution in [3.05, 3.63) is 99.1 Å². The fraction of sp³-hybridized carbons (Fsp3) is 0.367. The number of rotatable bonds is 10. The minimum absolute atomic E-state index is 0.224. The highest BCUT2D eigenvalue weighted by atomic mass is 35.5. The molecule has 0 amide bonds. The Labute approximate surface area is 213 Å². The van der Waals surface area contributed by atoms with Crippen LogP contribution in [0, 0.1) is 26.7 Å². The number of ether oxygens (including phenoxy) is 1. The van der Waals surface area contributed by atoms with Crippen molar-refractivity contribution in [3.63, 3.8) is 0 Å². The Morgan fingerprint density at radius 1 is 1.00 bits per heavy atom. The van der Waals surface area contributed by atoms with Gasteiger partial charge in [0, 0.05) is 30.6 Å². The fourth-order valence-corrected chi connectivity index (χ4v) is 4.98. The molecule has 0 bridgehead atoms. The molecule has 1 saturated heterocycles. The van der Waals surface area contributed by atoms with Crippen LogP contribution in [0.4, 0.5) is 0 Å². The van der Waals surface area contributed by atoms with E-state index in [1.54, 1.807) is 0 Å². The number of halogens is 1. The van der Waals surface area contributed by atoms with Crippen molar-refractivity contribution in [3.8, 4) is 5.75 Å². The highest BCUT2D eigenvalue weighted by molar-refractivity contribution is 6.30. The molecule has 1 aliphatic heterocycles. The van der Waals surface area contributed by atoms with Crippen LogP contribution in [0.2, 0.25) is 5.02 Å². The van der Waals surface area contributed by atoms with Crippen molar-refractivity contribution < 1.29 is 14.6 Å². The second-order valence-corrected chi connectivity index (χ2v) is 10.2. The molecule has 4 rings (SSSR count). The van der Waals surface area contributed by atoms with Gasteiger partial charge in [-0.25, -0.2) is 0 Å². The van der Waals surface area contributed by atoms with Gasteiger partial charge in [0.1, 0.15) is 5.75 Å². The molecule has 0 saturated carbocycles. The number of carboxylic acid groups (broad SMARTS) is 1. The zero-order valence-electron chi connectivity index (χ0n) is 20.8. The van der Waals surface area contributed by atoms with Gasteiger partial charge in [-0.1, -0.05) is 54.1 Å². The zero-order chi connectivity index (χ0) is 24.9. The Hall–Kier alpha value is -2.82. The molecule has 184 valence electrons.